The van der Waals surface area contributed by atoms with Crippen molar-refractivity contribution in [1.29, 1.82) is 0 Å². The third-order valence-electron chi connectivity index (χ3n) is 2.06. The minimum atomic E-state index is 0.803. The summed E-state index contributed by atoms with van der Waals surface area (Å²) in [4.78, 5) is 8.84. The number of rotatable bonds is 8. The van der Waals surface area contributed by atoms with E-state index in [9.17, 15) is 0 Å². The Balaban J connectivity index is 2.67. The first kappa shape index (κ1) is 14.4. The van der Waals surface area contributed by atoms with Crippen molar-refractivity contribution in [2.45, 2.75) is 18.5 Å². The van der Waals surface area contributed by atoms with Crippen molar-refractivity contribution in [3.63, 3.8) is 0 Å². The van der Waals surface area contributed by atoms with Gasteiger partial charge in [-0.2, -0.15) is 11.8 Å². The van der Waals surface area contributed by atoms with Crippen molar-refractivity contribution in [2.24, 2.45) is 0 Å². The van der Waals surface area contributed by atoms with E-state index in [1.165, 1.54) is 0 Å². The zero-order valence-electron chi connectivity index (χ0n) is 10.6. The highest BCUT2D eigenvalue weighted by atomic mass is 32.2. The van der Waals surface area contributed by atoms with E-state index < -0.39 is 0 Å². The second kappa shape index (κ2) is 8.47. The fourth-order valence-electron chi connectivity index (χ4n) is 1.23. The van der Waals surface area contributed by atoms with Crippen LogP contribution in [0.15, 0.2) is 11.2 Å². The second-order valence-corrected chi connectivity index (χ2v) is 5.23. The van der Waals surface area contributed by atoms with Crippen molar-refractivity contribution < 1.29 is 0 Å². The summed E-state index contributed by atoms with van der Waals surface area (Å²) in [5, 5.41) is 7.41. The molecule has 0 amide bonds. The van der Waals surface area contributed by atoms with Gasteiger partial charge in [0, 0.05) is 24.9 Å². The smallest absolute Gasteiger partial charge is 0.191 e. The predicted molar refractivity (Wildman–Crippen MR) is 79.5 cm³/mol. The lowest BCUT2D eigenvalue weighted by atomic mass is 10.4. The normalized spacial score (nSPS) is 10.3. The molecular weight excluding hydrogens is 252 g/mol. The summed E-state index contributed by atoms with van der Waals surface area (Å²) in [6.07, 6.45) is 5.18. The second-order valence-electron chi connectivity index (χ2n) is 3.47. The molecule has 0 radical (unpaired) electrons. The minimum Gasteiger partial charge on any atom is -0.370 e. The van der Waals surface area contributed by atoms with Gasteiger partial charge in [-0.1, -0.05) is 18.7 Å². The molecule has 2 N–H and O–H groups in total. The number of nitrogens with zero attached hydrogens (tertiary/aromatic N) is 2. The standard InChI is InChI=1S/C11H20N4S2/c1-4-5-12-9-8-10(13-6-7-16-2)15-11(14-9)17-3/h8H,4-7H2,1-3H3,(H2,12,13,14,15). The summed E-state index contributed by atoms with van der Waals surface area (Å²) in [7, 11) is 0. The Morgan fingerprint density at radius 2 is 1.76 bits per heavy atom. The van der Waals surface area contributed by atoms with Gasteiger partial charge in [-0.25, -0.2) is 9.97 Å². The van der Waals surface area contributed by atoms with Gasteiger partial charge in [0.1, 0.15) is 11.6 Å². The van der Waals surface area contributed by atoms with Gasteiger partial charge in [0.05, 0.1) is 0 Å². The van der Waals surface area contributed by atoms with Crippen LogP contribution < -0.4 is 10.6 Å². The van der Waals surface area contributed by atoms with Gasteiger partial charge in [-0.05, 0) is 18.9 Å². The lowest BCUT2D eigenvalue weighted by Gasteiger charge is -2.09. The highest BCUT2D eigenvalue weighted by molar-refractivity contribution is 7.98. The number of hydrogen-bond donors (Lipinski definition) is 2. The lowest BCUT2D eigenvalue weighted by molar-refractivity contribution is 0.924. The van der Waals surface area contributed by atoms with E-state index in [1.54, 1.807) is 11.8 Å². The Morgan fingerprint density at radius 1 is 1.12 bits per heavy atom. The minimum absolute atomic E-state index is 0.803. The summed E-state index contributed by atoms with van der Waals surface area (Å²) in [6, 6.07) is 1.97. The molecule has 0 fully saturated rings. The maximum Gasteiger partial charge on any atom is 0.191 e. The fraction of sp³-hybridized carbons (Fsp3) is 0.636. The Kier molecular flexibility index (Phi) is 7.19. The Hall–Kier alpha value is -0.620. The molecule has 1 aromatic rings. The van der Waals surface area contributed by atoms with Gasteiger partial charge in [0.15, 0.2) is 5.16 Å². The number of aromatic nitrogens is 2. The number of nitrogens with one attached hydrogen (secondary N) is 2. The molecule has 0 saturated carbocycles. The van der Waals surface area contributed by atoms with E-state index in [0.29, 0.717) is 0 Å². The Morgan fingerprint density at radius 3 is 2.29 bits per heavy atom. The fourth-order valence-corrected chi connectivity index (χ4v) is 1.92. The number of thioether (sulfide) groups is 2. The van der Waals surface area contributed by atoms with Crippen LogP contribution in [-0.4, -0.2) is 41.3 Å². The van der Waals surface area contributed by atoms with Crippen LogP contribution in [0.2, 0.25) is 0 Å². The van der Waals surface area contributed by atoms with Crippen molar-refractivity contribution in [3.8, 4) is 0 Å². The first-order valence-electron chi connectivity index (χ1n) is 5.70. The molecule has 4 nitrogen and oxygen atoms in total. The molecule has 0 atom stereocenters. The molecule has 17 heavy (non-hydrogen) atoms. The molecule has 96 valence electrons. The van der Waals surface area contributed by atoms with Crippen LogP contribution in [0.5, 0.6) is 0 Å². The van der Waals surface area contributed by atoms with Crippen LogP contribution in [0.1, 0.15) is 13.3 Å². The molecule has 0 aliphatic rings. The van der Waals surface area contributed by atoms with Crippen molar-refractivity contribution in [2.75, 3.05) is 42.0 Å². The summed E-state index contributed by atoms with van der Waals surface area (Å²) >= 11 is 3.38. The highest BCUT2D eigenvalue weighted by Gasteiger charge is 2.03. The first-order valence-corrected chi connectivity index (χ1v) is 8.31. The van der Waals surface area contributed by atoms with Gasteiger partial charge in [0.2, 0.25) is 0 Å². The molecule has 0 spiro atoms. The molecule has 0 aliphatic carbocycles. The van der Waals surface area contributed by atoms with Gasteiger partial charge in [-0.3, -0.25) is 0 Å². The molecule has 0 saturated heterocycles. The number of hydrogen-bond acceptors (Lipinski definition) is 6. The molecule has 0 bridgehead atoms. The average Bonchev–Trinajstić information content (AvgIpc) is 2.36. The maximum absolute atomic E-state index is 4.42. The quantitative estimate of drug-likeness (QED) is 0.431. The molecule has 1 rings (SSSR count). The topological polar surface area (TPSA) is 49.8 Å². The average molecular weight is 272 g/mol. The van der Waals surface area contributed by atoms with Crippen molar-refractivity contribution in [1.82, 2.24) is 9.97 Å². The third-order valence-corrected chi connectivity index (χ3v) is 3.22. The van der Waals surface area contributed by atoms with E-state index in [0.717, 1.165) is 42.1 Å². The van der Waals surface area contributed by atoms with Crippen LogP contribution >= 0.6 is 23.5 Å². The van der Waals surface area contributed by atoms with E-state index in [2.05, 4.69) is 33.8 Å². The van der Waals surface area contributed by atoms with Gasteiger partial charge in [-0.15, -0.1) is 0 Å². The monoisotopic (exact) mass is 272 g/mol. The van der Waals surface area contributed by atoms with Crippen LogP contribution in [0, 0.1) is 0 Å². The molecule has 0 aliphatic heterocycles. The molecular formula is C11H20N4S2. The first-order chi connectivity index (χ1) is 8.30. The molecule has 0 unspecified atom stereocenters. The van der Waals surface area contributed by atoms with Crippen molar-refractivity contribution in [3.05, 3.63) is 6.07 Å². The molecule has 1 aromatic heterocycles. The zero-order chi connectivity index (χ0) is 12.5. The van der Waals surface area contributed by atoms with Crippen LogP contribution in [0.4, 0.5) is 11.6 Å². The van der Waals surface area contributed by atoms with Gasteiger partial charge >= 0.3 is 0 Å². The summed E-state index contributed by atoms with van der Waals surface area (Å²) < 4.78 is 0. The maximum atomic E-state index is 4.42. The van der Waals surface area contributed by atoms with Crippen LogP contribution in [0.3, 0.4) is 0 Å². The molecule has 0 aromatic carbocycles. The predicted octanol–water partition coefficient (Wildman–Crippen LogP) is 2.80. The summed E-state index contributed by atoms with van der Waals surface area (Å²) in [6.45, 7) is 4.01. The lowest BCUT2D eigenvalue weighted by Crippen LogP contribution is -2.09. The SMILES string of the molecule is CCCNc1cc(NCCSC)nc(SC)n1. The van der Waals surface area contributed by atoms with E-state index in [4.69, 9.17) is 0 Å². The van der Waals surface area contributed by atoms with E-state index >= 15 is 0 Å². The summed E-state index contributed by atoms with van der Waals surface area (Å²) in [5.74, 6) is 2.88. The van der Waals surface area contributed by atoms with Crippen molar-refractivity contribution >= 4 is 35.2 Å². The summed E-state index contributed by atoms with van der Waals surface area (Å²) in [5.41, 5.74) is 0. The Bertz CT molecular complexity index is 333. The van der Waals surface area contributed by atoms with E-state index in [1.807, 2.05) is 24.1 Å². The van der Waals surface area contributed by atoms with Gasteiger partial charge < -0.3 is 10.6 Å². The zero-order valence-corrected chi connectivity index (χ0v) is 12.2. The van der Waals surface area contributed by atoms with E-state index in [-0.39, 0.29) is 0 Å². The highest BCUT2D eigenvalue weighted by Crippen LogP contribution is 2.17. The van der Waals surface area contributed by atoms with Crippen LogP contribution in [0.25, 0.3) is 0 Å². The molecule has 6 heteroatoms. The van der Waals surface area contributed by atoms with Gasteiger partial charge in [0.25, 0.3) is 0 Å². The Labute approximate surface area is 112 Å². The largest absolute Gasteiger partial charge is 0.370 e. The number of anilines is 2. The molecule has 1 heterocycles. The van der Waals surface area contributed by atoms with Crippen LogP contribution in [-0.2, 0) is 0 Å². The third kappa shape index (κ3) is 5.50.